The number of carbonyl (C=O) groups is 2. The van der Waals surface area contributed by atoms with Crippen LogP contribution in [0.4, 0.5) is 0 Å². The van der Waals surface area contributed by atoms with Crippen molar-refractivity contribution in [2.75, 3.05) is 13.7 Å². The molecule has 1 aliphatic rings. The van der Waals surface area contributed by atoms with Crippen LogP contribution in [0.2, 0.25) is 0 Å². The van der Waals surface area contributed by atoms with Crippen molar-refractivity contribution in [2.45, 2.75) is 18.9 Å². The molecule has 0 saturated heterocycles. The van der Waals surface area contributed by atoms with E-state index in [1.54, 1.807) is 31.2 Å². The molecule has 0 radical (unpaired) electrons. The summed E-state index contributed by atoms with van der Waals surface area (Å²) in [4.78, 5) is 28.9. The van der Waals surface area contributed by atoms with E-state index in [9.17, 15) is 14.8 Å². The summed E-state index contributed by atoms with van der Waals surface area (Å²) in [5.74, 6) is -2.46. The third-order valence-corrected chi connectivity index (χ3v) is 3.67. The first kappa shape index (κ1) is 16.3. The Hall–Kier alpha value is -2.09. The molecule has 0 fully saturated rings. The number of hydrogen-bond donors (Lipinski definition) is 0. The predicted octanol–water partition coefficient (Wildman–Crippen LogP) is 1.53. The number of rotatable bonds is 4. The summed E-state index contributed by atoms with van der Waals surface area (Å²) in [6, 6.07) is 6.85. The number of carbonyl (C=O) groups excluding carboxylic acids is 2. The predicted molar refractivity (Wildman–Crippen MR) is 79.0 cm³/mol. The average Bonchev–Trinajstić information content (AvgIpc) is 2.85. The van der Waals surface area contributed by atoms with Crippen LogP contribution in [0, 0.1) is 5.21 Å². The lowest BCUT2D eigenvalue weighted by atomic mass is 9.89. The molecular formula is C14H14BrNO6. The first-order chi connectivity index (χ1) is 10.5. The minimum atomic E-state index is -1.23. The Labute approximate surface area is 135 Å². The maximum atomic E-state index is 12.0. The lowest BCUT2D eigenvalue weighted by Gasteiger charge is -2.17. The molecule has 2 atom stereocenters. The monoisotopic (exact) mass is 371 g/mol. The third kappa shape index (κ3) is 3.06. The minimum absolute atomic E-state index is 0.0279. The van der Waals surface area contributed by atoms with Crippen molar-refractivity contribution in [3.05, 3.63) is 39.5 Å². The number of benzene rings is 1. The summed E-state index contributed by atoms with van der Waals surface area (Å²) in [6.07, 6.45) is -1.23. The zero-order valence-electron chi connectivity index (χ0n) is 11.9. The highest BCUT2D eigenvalue weighted by Crippen LogP contribution is 2.31. The Morgan fingerprint density at radius 1 is 1.36 bits per heavy atom. The van der Waals surface area contributed by atoms with E-state index in [1.165, 1.54) is 0 Å². The van der Waals surface area contributed by atoms with Crippen molar-refractivity contribution in [1.82, 2.24) is 0 Å². The fourth-order valence-electron chi connectivity index (χ4n) is 2.19. The number of nitrogens with zero attached hydrogens (tertiary/aromatic N) is 1. The first-order valence-corrected chi connectivity index (χ1v) is 7.30. The quantitative estimate of drug-likeness (QED) is 0.589. The molecule has 118 valence electrons. The molecule has 1 aliphatic heterocycles. The molecule has 0 spiro atoms. The van der Waals surface area contributed by atoms with Gasteiger partial charge in [-0.2, -0.15) is 0 Å². The van der Waals surface area contributed by atoms with Gasteiger partial charge in [-0.1, -0.05) is 28.1 Å². The summed E-state index contributed by atoms with van der Waals surface area (Å²) in [5.41, 5.74) is 0.280. The molecule has 0 amide bonds. The summed E-state index contributed by atoms with van der Waals surface area (Å²) < 4.78 is 10.3. The molecule has 0 N–H and O–H groups in total. The minimum Gasteiger partial charge on any atom is -0.465 e. The van der Waals surface area contributed by atoms with Crippen LogP contribution in [0.3, 0.4) is 0 Å². The Balaban J connectivity index is 2.45. The molecule has 0 aliphatic carbocycles. The number of esters is 2. The molecular weight excluding hydrogens is 358 g/mol. The van der Waals surface area contributed by atoms with E-state index in [2.05, 4.69) is 20.7 Å². The SMILES string of the molecule is CCOC(=O)[C@H]1O[N+]([O-])=C(C(=O)OC)[C@@H]1c1ccc(Br)cc1. The molecule has 0 bridgehead atoms. The van der Waals surface area contributed by atoms with Gasteiger partial charge in [0.1, 0.15) is 5.92 Å². The third-order valence-electron chi connectivity index (χ3n) is 3.15. The van der Waals surface area contributed by atoms with E-state index in [4.69, 9.17) is 9.57 Å². The van der Waals surface area contributed by atoms with Crippen LogP contribution in [0.5, 0.6) is 0 Å². The van der Waals surface area contributed by atoms with Gasteiger partial charge in [-0.05, 0) is 24.6 Å². The second-order valence-electron chi connectivity index (χ2n) is 4.44. The number of hydrogen-bond acceptors (Lipinski definition) is 6. The van der Waals surface area contributed by atoms with Crippen molar-refractivity contribution < 1.29 is 28.8 Å². The lowest BCUT2D eigenvalue weighted by Crippen LogP contribution is -2.34. The largest absolute Gasteiger partial charge is 0.465 e. The van der Waals surface area contributed by atoms with Gasteiger partial charge >= 0.3 is 17.7 Å². The van der Waals surface area contributed by atoms with Crippen LogP contribution in [-0.2, 0) is 23.9 Å². The molecule has 2 rings (SSSR count). The molecule has 0 unspecified atom stereocenters. The van der Waals surface area contributed by atoms with Crippen molar-refractivity contribution in [3.63, 3.8) is 0 Å². The second-order valence-corrected chi connectivity index (χ2v) is 5.36. The number of halogens is 1. The fraction of sp³-hybridized carbons (Fsp3) is 0.357. The standard InChI is InChI=1S/C14H14BrNO6/c1-3-21-14(18)12-10(8-4-6-9(15)7-5-8)11(13(17)20-2)16(19)22-12/h4-7,10,12H,3H2,1-2H3/t10-,12-/m0/s1. The zero-order valence-corrected chi connectivity index (χ0v) is 13.5. The molecule has 22 heavy (non-hydrogen) atoms. The van der Waals surface area contributed by atoms with E-state index in [-0.39, 0.29) is 17.2 Å². The summed E-state index contributed by atoms with van der Waals surface area (Å²) >= 11 is 3.30. The van der Waals surface area contributed by atoms with Crippen LogP contribution >= 0.6 is 15.9 Å². The highest BCUT2D eigenvalue weighted by molar-refractivity contribution is 9.10. The van der Waals surface area contributed by atoms with Crippen LogP contribution < -0.4 is 0 Å². The number of methoxy groups -OCH3 is 1. The molecule has 1 heterocycles. The van der Waals surface area contributed by atoms with Crippen molar-refractivity contribution in [2.24, 2.45) is 0 Å². The van der Waals surface area contributed by atoms with E-state index in [0.717, 1.165) is 11.6 Å². The van der Waals surface area contributed by atoms with Crippen molar-refractivity contribution >= 4 is 33.6 Å². The van der Waals surface area contributed by atoms with E-state index in [0.29, 0.717) is 5.56 Å². The Kier molecular flexibility index (Phi) is 5.02. The Morgan fingerprint density at radius 2 is 2.00 bits per heavy atom. The van der Waals surface area contributed by atoms with Crippen LogP contribution in [-0.4, -0.2) is 42.4 Å². The maximum absolute atomic E-state index is 12.0. The van der Waals surface area contributed by atoms with Gasteiger partial charge in [0.15, 0.2) is 6.10 Å². The molecule has 1 aromatic carbocycles. The van der Waals surface area contributed by atoms with Crippen LogP contribution in [0.25, 0.3) is 0 Å². The van der Waals surface area contributed by atoms with E-state index in [1.807, 2.05) is 0 Å². The molecule has 0 saturated carbocycles. The smallest absolute Gasteiger partial charge is 0.405 e. The van der Waals surface area contributed by atoms with E-state index < -0.39 is 24.0 Å². The van der Waals surface area contributed by atoms with Gasteiger partial charge in [0, 0.05) is 4.47 Å². The molecule has 1 aromatic rings. The van der Waals surface area contributed by atoms with Crippen molar-refractivity contribution in [1.29, 1.82) is 0 Å². The first-order valence-electron chi connectivity index (χ1n) is 6.50. The van der Waals surface area contributed by atoms with Crippen LogP contribution in [0.1, 0.15) is 18.4 Å². The second kappa shape index (κ2) is 6.78. The average molecular weight is 372 g/mol. The maximum Gasteiger partial charge on any atom is 0.405 e. The molecule has 8 heteroatoms. The highest BCUT2D eigenvalue weighted by atomic mass is 79.9. The number of ether oxygens (including phenoxy) is 2. The van der Waals surface area contributed by atoms with Gasteiger partial charge in [-0.3, -0.25) is 10.0 Å². The summed E-state index contributed by atoms with van der Waals surface area (Å²) in [7, 11) is 1.15. The summed E-state index contributed by atoms with van der Waals surface area (Å²) in [5, 5.41) is 11.9. The van der Waals surface area contributed by atoms with Crippen molar-refractivity contribution in [3.8, 4) is 0 Å². The summed E-state index contributed by atoms with van der Waals surface area (Å²) in [6.45, 7) is 1.78. The zero-order chi connectivity index (χ0) is 16.3. The topological polar surface area (TPSA) is 87.9 Å². The highest BCUT2D eigenvalue weighted by Gasteiger charge is 2.50. The van der Waals surface area contributed by atoms with Gasteiger partial charge in [-0.25, -0.2) is 4.79 Å². The fourth-order valence-corrected chi connectivity index (χ4v) is 2.45. The Morgan fingerprint density at radius 3 is 2.55 bits per heavy atom. The normalized spacial score (nSPS) is 20.5. The van der Waals surface area contributed by atoms with Gasteiger partial charge in [0.2, 0.25) is 0 Å². The van der Waals surface area contributed by atoms with Gasteiger partial charge < -0.3 is 14.3 Å². The lowest BCUT2D eigenvalue weighted by molar-refractivity contribution is -0.736. The molecule has 0 aromatic heterocycles. The van der Waals surface area contributed by atoms with Crippen LogP contribution in [0.15, 0.2) is 28.7 Å². The molecule has 7 nitrogen and oxygen atoms in total. The van der Waals surface area contributed by atoms with E-state index >= 15 is 0 Å². The van der Waals surface area contributed by atoms with Gasteiger partial charge in [0.25, 0.3) is 0 Å². The Bertz CT molecular complexity index is 612. The van der Waals surface area contributed by atoms with Gasteiger partial charge in [0.05, 0.1) is 18.6 Å². The van der Waals surface area contributed by atoms with Gasteiger partial charge in [-0.15, -0.1) is 0 Å².